The molecule has 0 heteroatoms. The average molecular weight is 154 g/mol. The van der Waals surface area contributed by atoms with Crippen LogP contribution in [0.4, 0.5) is 0 Å². The smallest absolute Gasteiger partial charge is 0.0269 e. The SMILES string of the molecule is CCCCC1(CC)CC1CC. The average Bonchev–Trinajstić information content (AvgIpc) is 2.76. The first-order valence-electron chi connectivity index (χ1n) is 5.29. The molecule has 0 amide bonds. The molecular weight excluding hydrogens is 132 g/mol. The van der Waals surface area contributed by atoms with Gasteiger partial charge in [-0.2, -0.15) is 0 Å². The molecule has 1 aliphatic carbocycles. The van der Waals surface area contributed by atoms with Gasteiger partial charge >= 0.3 is 0 Å². The van der Waals surface area contributed by atoms with Crippen molar-refractivity contribution in [3.05, 3.63) is 0 Å². The van der Waals surface area contributed by atoms with E-state index in [0.29, 0.717) is 0 Å². The molecule has 1 fully saturated rings. The molecule has 2 atom stereocenters. The fourth-order valence-electron chi connectivity index (χ4n) is 2.45. The zero-order valence-electron chi connectivity index (χ0n) is 8.32. The Bertz CT molecular complexity index is 117. The van der Waals surface area contributed by atoms with Crippen molar-refractivity contribution in [3.63, 3.8) is 0 Å². The molecule has 0 saturated heterocycles. The summed E-state index contributed by atoms with van der Waals surface area (Å²) in [5, 5.41) is 0. The van der Waals surface area contributed by atoms with E-state index in [1.54, 1.807) is 0 Å². The highest BCUT2D eigenvalue weighted by molar-refractivity contribution is 4.99. The molecule has 1 saturated carbocycles. The Morgan fingerprint density at radius 2 is 2.00 bits per heavy atom. The maximum absolute atomic E-state index is 2.37. The maximum atomic E-state index is 2.37. The van der Waals surface area contributed by atoms with Crippen LogP contribution in [-0.4, -0.2) is 0 Å². The Labute approximate surface area is 71.4 Å². The summed E-state index contributed by atoms with van der Waals surface area (Å²) in [6, 6.07) is 0. The Morgan fingerprint density at radius 3 is 2.36 bits per heavy atom. The van der Waals surface area contributed by atoms with Crippen molar-refractivity contribution >= 4 is 0 Å². The lowest BCUT2D eigenvalue weighted by molar-refractivity contribution is 0.384. The molecule has 0 aromatic rings. The summed E-state index contributed by atoms with van der Waals surface area (Å²) in [5.74, 6) is 1.08. The Kier molecular flexibility index (Phi) is 2.98. The number of unbranched alkanes of at least 4 members (excludes halogenated alkanes) is 1. The third-order valence-corrected chi connectivity index (χ3v) is 3.58. The molecule has 1 rings (SSSR count). The van der Waals surface area contributed by atoms with Crippen LogP contribution in [0.15, 0.2) is 0 Å². The summed E-state index contributed by atoms with van der Waals surface area (Å²) < 4.78 is 0. The Balaban J connectivity index is 2.27. The monoisotopic (exact) mass is 154 g/mol. The standard InChI is InChI=1S/C11H22/c1-4-7-8-11(6-3)9-10(11)5-2/h10H,4-9H2,1-3H3. The first-order valence-corrected chi connectivity index (χ1v) is 5.29. The molecule has 0 radical (unpaired) electrons. The summed E-state index contributed by atoms with van der Waals surface area (Å²) in [4.78, 5) is 0. The van der Waals surface area contributed by atoms with Crippen LogP contribution in [0.25, 0.3) is 0 Å². The van der Waals surface area contributed by atoms with Crippen molar-refractivity contribution in [1.29, 1.82) is 0 Å². The molecule has 0 spiro atoms. The van der Waals surface area contributed by atoms with Crippen LogP contribution in [-0.2, 0) is 0 Å². The van der Waals surface area contributed by atoms with Crippen molar-refractivity contribution in [2.45, 2.75) is 59.3 Å². The van der Waals surface area contributed by atoms with Gasteiger partial charge in [-0.25, -0.2) is 0 Å². The van der Waals surface area contributed by atoms with E-state index < -0.39 is 0 Å². The minimum absolute atomic E-state index is 0.810. The van der Waals surface area contributed by atoms with Crippen molar-refractivity contribution < 1.29 is 0 Å². The van der Waals surface area contributed by atoms with E-state index in [-0.39, 0.29) is 0 Å². The van der Waals surface area contributed by atoms with Gasteiger partial charge in [-0.05, 0) is 24.2 Å². The van der Waals surface area contributed by atoms with Gasteiger partial charge in [0.2, 0.25) is 0 Å². The fraction of sp³-hybridized carbons (Fsp3) is 1.00. The zero-order chi connectivity index (χ0) is 8.32. The molecule has 1 aliphatic rings. The molecule has 0 aromatic heterocycles. The first kappa shape index (κ1) is 9.09. The summed E-state index contributed by atoms with van der Waals surface area (Å²) in [5.41, 5.74) is 0.810. The summed E-state index contributed by atoms with van der Waals surface area (Å²) in [6.07, 6.45) is 8.68. The highest BCUT2D eigenvalue weighted by atomic mass is 14.5. The lowest BCUT2D eigenvalue weighted by Gasteiger charge is -2.13. The predicted molar refractivity (Wildman–Crippen MR) is 50.6 cm³/mol. The van der Waals surface area contributed by atoms with Gasteiger partial charge in [0.1, 0.15) is 0 Å². The zero-order valence-corrected chi connectivity index (χ0v) is 8.32. The normalized spacial score (nSPS) is 35.7. The molecule has 0 N–H and O–H groups in total. The molecule has 0 aromatic carbocycles. The summed E-state index contributed by atoms with van der Waals surface area (Å²) >= 11 is 0. The van der Waals surface area contributed by atoms with Crippen LogP contribution in [0.2, 0.25) is 0 Å². The number of rotatable bonds is 5. The Morgan fingerprint density at radius 1 is 1.27 bits per heavy atom. The summed E-state index contributed by atoms with van der Waals surface area (Å²) in [7, 11) is 0. The van der Waals surface area contributed by atoms with Gasteiger partial charge in [-0.3, -0.25) is 0 Å². The van der Waals surface area contributed by atoms with Crippen LogP contribution >= 0.6 is 0 Å². The van der Waals surface area contributed by atoms with E-state index in [0.717, 1.165) is 11.3 Å². The second kappa shape index (κ2) is 3.60. The van der Waals surface area contributed by atoms with E-state index in [9.17, 15) is 0 Å². The maximum Gasteiger partial charge on any atom is -0.0269 e. The van der Waals surface area contributed by atoms with Crippen molar-refractivity contribution in [2.24, 2.45) is 11.3 Å². The minimum atomic E-state index is 0.810. The first-order chi connectivity index (χ1) is 5.29. The van der Waals surface area contributed by atoms with Crippen molar-refractivity contribution in [1.82, 2.24) is 0 Å². The van der Waals surface area contributed by atoms with Gasteiger partial charge in [0.15, 0.2) is 0 Å². The van der Waals surface area contributed by atoms with E-state index in [4.69, 9.17) is 0 Å². The molecule has 2 unspecified atom stereocenters. The van der Waals surface area contributed by atoms with Gasteiger partial charge in [0.05, 0.1) is 0 Å². The molecule has 0 nitrogen and oxygen atoms in total. The minimum Gasteiger partial charge on any atom is -0.0654 e. The third kappa shape index (κ3) is 1.77. The molecule has 0 aliphatic heterocycles. The Hall–Kier alpha value is 0. The van der Waals surface area contributed by atoms with Crippen molar-refractivity contribution in [3.8, 4) is 0 Å². The lowest BCUT2D eigenvalue weighted by atomic mass is 9.92. The van der Waals surface area contributed by atoms with Crippen LogP contribution in [0, 0.1) is 11.3 Å². The van der Waals surface area contributed by atoms with E-state index in [1.165, 1.54) is 38.5 Å². The van der Waals surface area contributed by atoms with Gasteiger partial charge in [-0.15, -0.1) is 0 Å². The number of hydrogen-bond donors (Lipinski definition) is 0. The summed E-state index contributed by atoms with van der Waals surface area (Å²) in [6.45, 7) is 7.01. The van der Waals surface area contributed by atoms with E-state index >= 15 is 0 Å². The highest BCUT2D eigenvalue weighted by Crippen LogP contribution is 2.59. The van der Waals surface area contributed by atoms with Gasteiger partial charge in [0.25, 0.3) is 0 Å². The van der Waals surface area contributed by atoms with Gasteiger partial charge in [-0.1, -0.05) is 46.5 Å². The second-order valence-corrected chi connectivity index (χ2v) is 4.13. The fourth-order valence-corrected chi connectivity index (χ4v) is 2.45. The van der Waals surface area contributed by atoms with Crippen LogP contribution in [0.5, 0.6) is 0 Å². The molecular formula is C11H22. The third-order valence-electron chi connectivity index (χ3n) is 3.58. The molecule has 0 bridgehead atoms. The number of hydrogen-bond acceptors (Lipinski definition) is 0. The molecule has 11 heavy (non-hydrogen) atoms. The van der Waals surface area contributed by atoms with Crippen molar-refractivity contribution in [2.75, 3.05) is 0 Å². The lowest BCUT2D eigenvalue weighted by Crippen LogP contribution is -2.01. The highest BCUT2D eigenvalue weighted by Gasteiger charge is 2.49. The largest absolute Gasteiger partial charge is 0.0654 e. The predicted octanol–water partition coefficient (Wildman–Crippen LogP) is 4.00. The quantitative estimate of drug-likeness (QED) is 0.561. The van der Waals surface area contributed by atoms with Crippen LogP contribution in [0.3, 0.4) is 0 Å². The van der Waals surface area contributed by atoms with E-state index in [1.807, 2.05) is 0 Å². The molecule has 66 valence electrons. The van der Waals surface area contributed by atoms with Crippen LogP contribution in [0.1, 0.15) is 59.3 Å². The van der Waals surface area contributed by atoms with Gasteiger partial charge < -0.3 is 0 Å². The van der Waals surface area contributed by atoms with Gasteiger partial charge in [0, 0.05) is 0 Å². The second-order valence-electron chi connectivity index (χ2n) is 4.13. The van der Waals surface area contributed by atoms with E-state index in [2.05, 4.69) is 20.8 Å². The molecule has 0 heterocycles. The van der Waals surface area contributed by atoms with Crippen LogP contribution < -0.4 is 0 Å². The topological polar surface area (TPSA) is 0 Å².